The van der Waals surface area contributed by atoms with E-state index in [1.54, 1.807) is 47.5 Å². The minimum Gasteiger partial charge on any atom is -0.348 e. The zero-order valence-corrected chi connectivity index (χ0v) is 19.4. The van der Waals surface area contributed by atoms with E-state index >= 15 is 0 Å². The SMILES string of the molecule is C=Cc1cnc2c(c1)cc(C(=O)NCc1ccc(Cl)cc1)c(=O)n2CC(=O)N1CC(C)(C)C1. The lowest BCUT2D eigenvalue weighted by Gasteiger charge is -2.45. The third-order valence-corrected chi connectivity index (χ3v) is 5.93. The van der Waals surface area contributed by atoms with Crippen LogP contribution in [0.2, 0.25) is 5.02 Å². The van der Waals surface area contributed by atoms with Gasteiger partial charge in [-0.3, -0.25) is 19.0 Å². The summed E-state index contributed by atoms with van der Waals surface area (Å²) in [5.74, 6) is -0.696. The first-order chi connectivity index (χ1) is 15.7. The molecular weight excluding hydrogens is 440 g/mol. The summed E-state index contributed by atoms with van der Waals surface area (Å²) in [6.07, 6.45) is 3.22. The Bertz CT molecular complexity index is 1300. The number of nitrogens with one attached hydrogen (secondary N) is 1. The third-order valence-electron chi connectivity index (χ3n) is 5.68. The van der Waals surface area contributed by atoms with Crippen molar-refractivity contribution in [2.45, 2.75) is 26.9 Å². The molecule has 33 heavy (non-hydrogen) atoms. The molecule has 0 atom stereocenters. The molecular formula is C25H25ClN4O3. The molecule has 0 unspecified atom stereocenters. The van der Waals surface area contributed by atoms with Gasteiger partial charge in [0.2, 0.25) is 5.91 Å². The van der Waals surface area contributed by atoms with Gasteiger partial charge in [0.25, 0.3) is 11.5 Å². The van der Waals surface area contributed by atoms with Crippen molar-refractivity contribution in [2.24, 2.45) is 5.41 Å². The Hall–Kier alpha value is -3.45. The van der Waals surface area contributed by atoms with E-state index in [9.17, 15) is 14.4 Å². The molecule has 2 amide bonds. The Labute approximate surface area is 196 Å². The number of nitrogens with zero attached hydrogens (tertiary/aromatic N) is 3. The molecule has 0 aliphatic carbocycles. The third kappa shape index (κ3) is 4.83. The summed E-state index contributed by atoms with van der Waals surface area (Å²) in [7, 11) is 0. The smallest absolute Gasteiger partial charge is 0.265 e. The van der Waals surface area contributed by atoms with E-state index in [4.69, 9.17) is 11.6 Å². The monoisotopic (exact) mass is 464 g/mol. The highest BCUT2D eigenvalue weighted by molar-refractivity contribution is 6.30. The van der Waals surface area contributed by atoms with E-state index in [0.29, 0.717) is 29.1 Å². The summed E-state index contributed by atoms with van der Waals surface area (Å²) < 4.78 is 1.28. The second-order valence-corrected chi connectivity index (χ2v) is 9.49. The molecule has 1 N–H and O–H groups in total. The van der Waals surface area contributed by atoms with Crippen molar-refractivity contribution in [2.75, 3.05) is 13.1 Å². The average Bonchev–Trinajstić information content (AvgIpc) is 2.78. The summed E-state index contributed by atoms with van der Waals surface area (Å²) in [6, 6.07) is 10.4. The normalized spacial score (nSPS) is 14.6. The van der Waals surface area contributed by atoms with Gasteiger partial charge >= 0.3 is 0 Å². The second-order valence-electron chi connectivity index (χ2n) is 9.06. The van der Waals surface area contributed by atoms with E-state index < -0.39 is 11.5 Å². The second kappa shape index (κ2) is 8.83. The number of aromatic nitrogens is 2. The molecule has 0 bridgehead atoms. The van der Waals surface area contributed by atoms with Crippen molar-refractivity contribution in [3.8, 4) is 0 Å². The van der Waals surface area contributed by atoms with Gasteiger partial charge in [0.1, 0.15) is 17.8 Å². The molecule has 0 saturated carbocycles. The van der Waals surface area contributed by atoms with Gasteiger partial charge in [0, 0.05) is 36.2 Å². The van der Waals surface area contributed by atoms with E-state index in [2.05, 4.69) is 30.7 Å². The lowest BCUT2D eigenvalue weighted by Crippen LogP contribution is -2.56. The Balaban J connectivity index is 1.66. The fourth-order valence-corrected chi connectivity index (χ4v) is 4.11. The summed E-state index contributed by atoms with van der Waals surface area (Å²) in [4.78, 5) is 45.1. The summed E-state index contributed by atoms with van der Waals surface area (Å²) in [5.41, 5.74) is 1.42. The lowest BCUT2D eigenvalue weighted by molar-refractivity contribution is -0.142. The largest absolute Gasteiger partial charge is 0.348 e. The number of pyridine rings is 2. The molecule has 3 aromatic rings. The fourth-order valence-electron chi connectivity index (χ4n) is 3.98. The molecule has 0 spiro atoms. The van der Waals surface area contributed by atoms with E-state index in [-0.39, 0.29) is 30.0 Å². The van der Waals surface area contributed by atoms with Crippen LogP contribution < -0.4 is 10.9 Å². The number of fused-ring (bicyclic) bond motifs is 1. The van der Waals surface area contributed by atoms with Crippen LogP contribution in [-0.4, -0.2) is 39.4 Å². The average molecular weight is 465 g/mol. The number of hydrogen-bond acceptors (Lipinski definition) is 4. The molecule has 1 aliphatic rings. The molecule has 3 heterocycles. The molecule has 170 valence electrons. The van der Waals surface area contributed by atoms with E-state index in [0.717, 1.165) is 11.1 Å². The van der Waals surface area contributed by atoms with Gasteiger partial charge in [0.15, 0.2) is 0 Å². The first-order valence-electron chi connectivity index (χ1n) is 10.6. The molecule has 1 aromatic carbocycles. The van der Waals surface area contributed by atoms with Crippen LogP contribution in [0.25, 0.3) is 17.1 Å². The van der Waals surface area contributed by atoms with Crippen molar-refractivity contribution in [3.05, 3.63) is 81.2 Å². The molecule has 1 aliphatic heterocycles. The van der Waals surface area contributed by atoms with Crippen molar-refractivity contribution < 1.29 is 9.59 Å². The van der Waals surface area contributed by atoms with Crippen molar-refractivity contribution in [1.29, 1.82) is 0 Å². The number of rotatable bonds is 6. The van der Waals surface area contributed by atoms with Crippen molar-refractivity contribution in [3.63, 3.8) is 0 Å². The van der Waals surface area contributed by atoms with E-state index in [1.807, 2.05) is 0 Å². The first-order valence-corrected chi connectivity index (χ1v) is 11.0. The summed E-state index contributed by atoms with van der Waals surface area (Å²) in [5, 5.41) is 3.96. The number of likely N-dealkylation sites (tertiary alicyclic amines) is 1. The van der Waals surface area contributed by atoms with Crippen LogP contribution in [0.4, 0.5) is 0 Å². The minimum absolute atomic E-state index is 0.0452. The Morgan fingerprint density at radius 3 is 2.55 bits per heavy atom. The Morgan fingerprint density at radius 1 is 1.21 bits per heavy atom. The number of benzene rings is 1. The highest BCUT2D eigenvalue weighted by Gasteiger charge is 2.37. The van der Waals surface area contributed by atoms with Crippen LogP contribution in [0.5, 0.6) is 0 Å². The van der Waals surface area contributed by atoms with Crippen LogP contribution in [-0.2, 0) is 17.9 Å². The topological polar surface area (TPSA) is 84.3 Å². The number of amides is 2. The highest BCUT2D eigenvalue weighted by Crippen LogP contribution is 2.28. The van der Waals surface area contributed by atoms with Crippen molar-refractivity contribution in [1.82, 2.24) is 19.8 Å². The van der Waals surface area contributed by atoms with Crippen LogP contribution in [0.15, 0.2) is 54.0 Å². The lowest BCUT2D eigenvalue weighted by atomic mass is 9.84. The minimum atomic E-state index is -0.553. The van der Waals surface area contributed by atoms with E-state index in [1.165, 1.54) is 10.6 Å². The number of carbonyl (C=O) groups is 2. The Morgan fingerprint density at radius 2 is 1.91 bits per heavy atom. The predicted molar refractivity (Wildman–Crippen MR) is 129 cm³/mol. The predicted octanol–water partition coefficient (Wildman–Crippen LogP) is 3.49. The molecule has 1 fully saturated rings. The molecule has 0 radical (unpaired) electrons. The molecule has 1 saturated heterocycles. The first kappa shape index (κ1) is 22.7. The van der Waals surface area contributed by atoms with Gasteiger partial charge < -0.3 is 10.2 Å². The number of carbonyl (C=O) groups excluding carboxylic acids is 2. The fraction of sp³-hybridized carbons (Fsp3) is 0.280. The van der Waals surface area contributed by atoms with Gasteiger partial charge in [-0.25, -0.2) is 4.98 Å². The van der Waals surface area contributed by atoms with Crippen LogP contribution in [0.1, 0.15) is 35.3 Å². The maximum Gasteiger partial charge on any atom is 0.265 e. The standard InChI is InChI=1S/C25H25ClN4O3/c1-4-16-9-18-10-20(23(32)28-12-17-5-7-19(26)8-6-17)24(33)30(22(18)27-11-16)13-21(31)29-14-25(2,3)15-29/h4-11H,1,12-15H2,2-3H3,(H,28,32). The molecule has 2 aromatic heterocycles. The highest BCUT2D eigenvalue weighted by atomic mass is 35.5. The molecule has 8 heteroatoms. The molecule has 4 rings (SSSR count). The number of hydrogen-bond donors (Lipinski definition) is 1. The zero-order chi connectivity index (χ0) is 23.8. The quantitative estimate of drug-likeness (QED) is 0.605. The molecule has 7 nitrogen and oxygen atoms in total. The van der Waals surface area contributed by atoms with Gasteiger partial charge in [0.05, 0.1) is 0 Å². The number of halogens is 1. The van der Waals surface area contributed by atoms with Gasteiger partial charge in [-0.2, -0.15) is 0 Å². The van der Waals surface area contributed by atoms with Crippen LogP contribution >= 0.6 is 11.6 Å². The summed E-state index contributed by atoms with van der Waals surface area (Å²) in [6.45, 7) is 9.25. The van der Waals surface area contributed by atoms with Crippen molar-refractivity contribution >= 4 is 40.5 Å². The van der Waals surface area contributed by atoms with Gasteiger partial charge in [-0.05, 0) is 40.8 Å². The maximum atomic E-state index is 13.3. The zero-order valence-electron chi connectivity index (χ0n) is 18.6. The maximum absolute atomic E-state index is 13.3. The summed E-state index contributed by atoms with van der Waals surface area (Å²) >= 11 is 5.91. The van der Waals surface area contributed by atoms with Crippen LogP contribution in [0, 0.1) is 5.41 Å². The van der Waals surface area contributed by atoms with Gasteiger partial charge in [-0.15, -0.1) is 0 Å². The Kier molecular flexibility index (Phi) is 6.08. The van der Waals surface area contributed by atoms with Crippen LogP contribution in [0.3, 0.4) is 0 Å². The van der Waals surface area contributed by atoms with Gasteiger partial charge in [-0.1, -0.05) is 50.2 Å².